The lowest BCUT2D eigenvalue weighted by atomic mass is 9.98. The lowest BCUT2D eigenvalue weighted by Gasteiger charge is -2.35. The van der Waals surface area contributed by atoms with Crippen molar-refractivity contribution in [1.29, 1.82) is 0 Å². The zero-order valence-electron chi connectivity index (χ0n) is 47.2. The summed E-state index contributed by atoms with van der Waals surface area (Å²) in [5.41, 5.74) is 10.9. The predicted molar refractivity (Wildman–Crippen MR) is 320 cm³/mol. The van der Waals surface area contributed by atoms with Gasteiger partial charge in [0.05, 0.1) is 58.5 Å². The number of piperidine rings is 2. The highest BCUT2D eigenvalue weighted by molar-refractivity contribution is 7.92. The molecule has 27 heteroatoms. The first kappa shape index (κ1) is 62.0. The van der Waals surface area contributed by atoms with Crippen molar-refractivity contribution < 1.29 is 36.0 Å². The summed E-state index contributed by atoms with van der Waals surface area (Å²) in [7, 11) is -7.15. The summed E-state index contributed by atoms with van der Waals surface area (Å²) in [6.07, 6.45) is 12.8. The number of ether oxygens (including phenoxy) is 1. The number of carbonyl (C=O) groups is 3. The quantitative estimate of drug-likeness (QED) is 0.0720. The van der Waals surface area contributed by atoms with E-state index in [2.05, 4.69) is 35.1 Å². The number of hydrogen-bond donors (Lipinski definition) is 5. The Morgan fingerprint density at radius 2 is 1.23 bits per heavy atom. The maximum atomic E-state index is 13.8. The molecule has 2 aromatic carbocycles. The molecule has 8 heterocycles. The normalized spacial score (nSPS) is 19.5. The van der Waals surface area contributed by atoms with Crippen LogP contribution in [-0.4, -0.2) is 144 Å². The molecule has 4 saturated heterocycles. The third-order valence-electron chi connectivity index (χ3n) is 14.5. The molecule has 4 aliphatic rings. The molecule has 4 fully saturated rings. The summed E-state index contributed by atoms with van der Waals surface area (Å²) in [4.78, 5) is 53.6. The Hall–Kier alpha value is -6.02. The molecule has 0 unspecified atom stereocenters. The number of benzene rings is 2. The minimum absolute atomic E-state index is 0.195. The largest absolute Gasteiger partial charge is 0.444 e. The van der Waals surface area contributed by atoms with Crippen LogP contribution < -0.4 is 30.7 Å². The van der Waals surface area contributed by atoms with Gasteiger partial charge in [0.1, 0.15) is 16.6 Å². The number of alkyl carbamates (subject to hydrolysis) is 1. The molecule has 82 heavy (non-hydrogen) atoms. The van der Waals surface area contributed by atoms with E-state index in [1.54, 1.807) is 37.2 Å². The monoisotopic (exact) mass is 1230 g/mol. The van der Waals surface area contributed by atoms with E-state index in [0.717, 1.165) is 118 Å². The molecule has 6 aromatic rings. The molecule has 0 aliphatic carbocycles. The summed E-state index contributed by atoms with van der Waals surface area (Å²) in [6.45, 7) is 15.8. The maximum absolute atomic E-state index is 13.8. The van der Waals surface area contributed by atoms with Crippen LogP contribution in [0.3, 0.4) is 0 Å². The fourth-order valence-corrected chi connectivity index (χ4v) is 12.2. The van der Waals surface area contributed by atoms with Gasteiger partial charge in [-0.1, -0.05) is 34.8 Å². The van der Waals surface area contributed by atoms with Crippen molar-refractivity contribution in [2.45, 2.75) is 104 Å². The summed E-state index contributed by atoms with van der Waals surface area (Å²) in [5, 5.41) is 16.6. The number of aromatic nitrogens is 6. The summed E-state index contributed by atoms with van der Waals surface area (Å²) in [5.74, 6) is 1.39. The highest BCUT2D eigenvalue weighted by Crippen LogP contribution is 2.37. The van der Waals surface area contributed by atoms with Crippen LogP contribution >= 0.6 is 34.8 Å². The molecular formula is C55H73Cl3N14O8S2. The topological polar surface area (TPSA) is 273 Å². The molecule has 6 N–H and O–H groups in total. The fraction of sp³-hybridized carbons (Fsp3) is 0.509. The van der Waals surface area contributed by atoms with E-state index in [-0.39, 0.29) is 52.5 Å². The third-order valence-corrected chi connectivity index (χ3v) is 16.5. The first-order valence-corrected chi connectivity index (χ1v) is 32.3. The average Bonchev–Trinajstić information content (AvgIpc) is 4.33. The van der Waals surface area contributed by atoms with E-state index in [4.69, 9.17) is 55.4 Å². The number of rotatable bonds is 12. The molecule has 444 valence electrons. The van der Waals surface area contributed by atoms with Gasteiger partial charge in [0.2, 0.25) is 20.0 Å². The van der Waals surface area contributed by atoms with Crippen LogP contribution in [0.2, 0.25) is 15.2 Å². The van der Waals surface area contributed by atoms with Crippen molar-refractivity contribution in [3.05, 3.63) is 110 Å². The molecule has 4 aliphatic heterocycles. The predicted octanol–water partition coefficient (Wildman–Crippen LogP) is 8.42. The fourth-order valence-electron chi connectivity index (χ4n) is 10.6. The number of hydrogen-bond acceptors (Lipinski definition) is 15. The Bertz CT molecular complexity index is 3500. The van der Waals surface area contributed by atoms with Crippen LogP contribution in [0, 0.1) is 25.7 Å². The van der Waals surface area contributed by atoms with Gasteiger partial charge in [-0.15, -0.1) is 0 Å². The Balaban J connectivity index is 0.000000176. The molecule has 0 bridgehead atoms. The smallest absolute Gasteiger partial charge is 0.407 e. The van der Waals surface area contributed by atoms with Gasteiger partial charge in [0.15, 0.2) is 11.3 Å². The average molecular weight is 1230 g/mol. The Morgan fingerprint density at radius 3 is 1.71 bits per heavy atom. The second-order valence-electron chi connectivity index (χ2n) is 22.4. The van der Waals surface area contributed by atoms with Crippen LogP contribution in [0.25, 0.3) is 11.3 Å². The zero-order chi connectivity index (χ0) is 59.3. The van der Waals surface area contributed by atoms with Gasteiger partial charge in [0, 0.05) is 78.4 Å². The summed E-state index contributed by atoms with van der Waals surface area (Å²) in [6, 6.07) is 12.3. The number of carbonyl (C=O) groups excluding carboxylic acids is 3. The highest BCUT2D eigenvalue weighted by Gasteiger charge is 2.35. The van der Waals surface area contributed by atoms with Crippen molar-refractivity contribution in [1.82, 2.24) is 49.6 Å². The molecule has 22 nitrogen and oxygen atoms in total. The van der Waals surface area contributed by atoms with Crippen molar-refractivity contribution in [2.24, 2.45) is 17.6 Å². The maximum Gasteiger partial charge on any atom is 0.407 e. The van der Waals surface area contributed by atoms with Gasteiger partial charge in [-0.2, -0.15) is 10.2 Å². The SMILES string of the molecule is CC(C)(C)OC(=O)NC[C@H]1CCNC1.Cc1cn2nc([C@@H]3CCCCN3C(=O)c3cc(Cl)ccc3NS(C)(=O)=O)cc2nc1Cl.Cc1cn2nc([C@@H]3CCCCN3C(=O)c3cc(Cl)ccc3NS(C)(=O)=O)cc2nc1N1CC[C@H](CN)C1. The lowest BCUT2D eigenvalue weighted by molar-refractivity contribution is 0.0519. The molecule has 10 rings (SSSR count). The van der Waals surface area contributed by atoms with E-state index in [0.29, 0.717) is 64.6 Å². The number of nitrogens with two attached hydrogens (primary N) is 1. The van der Waals surface area contributed by atoms with Crippen molar-refractivity contribution in [3.8, 4) is 0 Å². The van der Waals surface area contributed by atoms with Crippen LogP contribution in [0.1, 0.15) is 127 Å². The minimum Gasteiger partial charge on any atom is -0.444 e. The first-order valence-electron chi connectivity index (χ1n) is 27.4. The Morgan fingerprint density at radius 1 is 0.707 bits per heavy atom. The number of nitrogens with one attached hydrogen (secondary N) is 4. The van der Waals surface area contributed by atoms with Crippen molar-refractivity contribution >= 4 is 101 Å². The van der Waals surface area contributed by atoms with E-state index >= 15 is 0 Å². The van der Waals surface area contributed by atoms with Crippen LogP contribution in [-0.2, 0) is 24.8 Å². The number of anilines is 3. The second kappa shape index (κ2) is 26.3. The van der Waals surface area contributed by atoms with Gasteiger partial charge in [-0.05, 0) is 154 Å². The van der Waals surface area contributed by atoms with Crippen LogP contribution in [0.4, 0.5) is 22.0 Å². The number of likely N-dealkylation sites (tertiary alicyclic amines) is 2. The van der Waals surface area contributed by atoms with Crippen LogP contribution in [0.15, 0.2) is 60.9 Å². The van der Waals surface area contributed by atoms with Gasteiger partial charge in [-0.3, -0.25) is 19.0 Å². The molecule has 0 saturated carbocycles. The Kier molecular flexibility index (Phi) is 19.9. The van der Waals surface area contributed by atoms with E-state index < -0.39 is 25.6 Å². The number of nitrogens with zero attached hydrogens (tertiary/aromatic N) is 9. The molecular weight excluding hydrogens is 1160 g/mol. The first-order chi connectivity index (χ1) is 38.7. The van der Waals surface area contributed by atoms with Gasteiger partial charge < -0.3 is 35.8 Å². The van der Waals surface area contributed by atoms with Crippen molar-refractivity contribution in [3.63, 3.8) is 0 Å². The third kappa shape index (κ3) is 16.2. The van der Waals surface area contributed by atoms with Crippen molar-refractivity contribution in [2.75, 3.05) is 79.2 Å². The second-order valence-corrected chi connectivity index (χ2v) is 27.2. The summed E-state index contributed by atoms with van der Waals surface area (Å²) < 4.78 is 60.8. The van der Waals surface area contributed by atoms with E-state index in [1.165, 1.54) is 24.3 Å². The highest BCUT2D eigenvalue weighted by atomic mass is 35.5. The molecule has 3 amide bonds. The van der Waals surface area contributed by atoms with Gasteiger partial charge in [-0.25, -0.2) is 40.6 Å². The molecule has 4 aromatic heterocycles. The number of halogens is 3. The van der Waals surface area contributed by atoms with Gasteiger partial charge >= 0.3 is 6.09 Å². The van der Waals surface area contributed by atoms with E-state index in [9.17, 15) is 31.2 Å². The number of amides is 3. The summed E-state index contributed by atoms with van der Waals surface area (Å²) >= 11 is 18.5. The number of fused-ring (bicyclic) bond motifs is 2. The minimum atomic E-state index is -3.58. The standard InChI is InChI=1S/C25H32ClN7O3S.C20H21Cl2N5O3S.C10H20N2O2/c1-16-14-33-23(28-24(16)31-10-8-17(13-27)15-31)12-21(29-33)22-5-3-4-9-32(22)25(34)19-11-18(26)6-7-20(19)30-37(2,35)36;1-12-11-27-18(23-19(12)22)10-16(24-27)17-5-3-4-8-26(17)20(28)14-9-13(21)6-7-15(14)25-31(2,29)30;1-10(2,3)14-9(13)12-7-8-4-5-11-6-8/h6-7,11-12,14,17,22,30H,3-5,8-10,13,15,27H2,1-2H3;6-7,9-11,17,25H,3-5,8H2,1-2H3;8,11H,4-7H2,1-3H3,(H,12,13)/t17-,22+;17-;8-/m100/s1. The lowest BCUT2D eigenvalue weighted by Crippen LogP contribution is -2.39. The van der Waals surface area contributed by atoms with Crippen LogP contribution in [0.5, 0.6) is 0 Å². The van der Waals surface area contributed by atoms with Gasteiger partial charge in [0.25, 0.3) is 11.8 Å². The Labute approximate surface area is 494 Å². The molecule has 4 atom stereocenters. The van der Waals surface area contributed by atoms with E-state index in [1.807, 2.05) is 52.9 Å². The molecule has 0 radical (unpaired) electrons. The molecule has 0 spiro atoms. The zero-order valence-corrected chi connectivity index (χ0v) is 51.1. The number of aryl methyl sites for hydroxylation is 2. The number of sulfonamides is 2.